The number of carbonyl (C=O) groups excluding carboxylic acids is 1. The SMILES string of the molecule is Cc1ccccc1N(CCCC(=O)Nc1ccc(Cl)c(C(F)(F)F)c1)S(C)(=O)=O. The average Bonchev–Trinajstić information content (AvgIpc) is 2.59. The van der Waals surface area contributed by atoms with Gasteiger partial charge in [0.2, 0.25) is 15.9 Å². The van der Waals surface area contributed by atoms with E-state index >= 15 is 0 Å². The number of rotatable bonds is 7. The number of carbonyl (C=O) groups is 1. The molecule has 0 aromatic heterocycles. The smallest absolute Gasteiger partial charge is 0.326 e. The first-order valence-corrected chi connectivity index (χ1v) is 10.8. The largest absolute Gasteiger partial charge is 0.417 e. The Bertz CT molecular complexity index is 994. The fourth-order valence-electron chi connectivity index (χ4n) is 2.74. The number of alkyl halides is 3. The van der Waals surface area contributed by atoms with Crippen LogP contribution in [0.3, 0.4) is 0 Å². The molecule has 0 radical (unpaired) electrons. The standard InChI is InChI=1S/C19H20ClF3N2O3S/c1-13-6-3-4-7-17(13)25(29(2,27)28)11-5-8-18(26)24-14-9-10-16(20)15(12-14)19(21,22)23/h3-4,6-7,9-10,12H,5,8,11H2,1-2H3,(H,24,26). The summed E-state index contributed by atoms with van der Waals surface area (Å²) in [6, 6.07) is 10.0. The van der Waals surface area contributed by atoms with Gasteiger partial charge in [0, 0.05) is 18.7 Å². The Morgan fingerprint density at radius 1 is 1.17 bits per heavy atom. The van der Waals surface area contributed by atoms with Crippen LogP contribution in [0.15, 0.2) is 42.5 Å². The number of halogens is 4. The Morgan fingerprint density at radius 2 is 1.83 bits per heavy atom. The normalized spacial score (nSPS) is 11.9. The fraction of sp³-hybridized carbons (Fsp3) is 0.316. The molecule has 0 heterocycles. The van der Waals surface area contributed by atoms with Gasteiger partial charge in [0.1, 0.15) is 0 Å². The highest BCUT2D eigenvalue weighted by atomic mass is 35.5. The minimum Gasteiger partial charge on any atom is -0.326 e. The van der Waals surface area contributed by atoms with E-state index < -0.39 is 32.7 Å². The monoisotopic (exact) mass is 448 g/mol. The predicted molar refractivity (Wildman–Crippen MR) is 108 cm³/mol. The Labute approximate surface area is 172 Å². The Kier molecular flexibility index (Phi) is 7.18. The van der Waals surface area contributed by atoms with E-state index in [0.717, 1.165) is 24.0 Å². The molecular weight excluding hydrogens is 429 g/mol. The Hall–Kier alpha value is -2.26. The number of aryl methyl sites for hydroxylation is 1. The van der Waals surface area contributed by atoms with E-state index in [4.69, 9.17) is 11.6 Å². The lowest BCUT2D eigenvalue weighted by Crippen LogP contribution is -2.32. The maximum Gasteiger partial charge on any atom is 0.417 e. The van der Waals surface area contributed by atoms with Crippen molar-refractivity contribution < 1.29 is 26.4 Å². The van der Waals surface area contributed by atoms with E-state index in [0.29, 0.717) is 5.69 Å². The van der Waals surface area contributed by atoms with Crippen molar-refractivity contribution in [2.24, 2.45) is 0 Å². The van der Waals surface area contributed by atoms with Crippen LogP contribution in [0.25, 0.3) is 0 Å². The molecule has 0 atom stereocenters. The number of amides is 1. The molecule has 2 aromatic carbocycles. The summed E-state index contributed by atoms with van der Waals surface area (Å²) in [4.78, 5) is 12.1. The van der Waals surface area contributed by atoms with Crippen LogP contribution in [-0.2, 0) is 21.0 Å². The van der Waals surface area contributed by atoms with E-state index in [9.17, 15) is 26.4 Å². The van der Waals surface area contributed by atoms with Gasteiger partial charge in [-0.05, 0) is 43.2 Å². The molecular formula is C19H20ClF3N2O3S. The van der Waals surface area contributed by atoms with Gasteiger partial charge in [-0.2, -0.15) is 13.2 Å². The Balaban J connectivity index is 2.03. The fourth-order valence-corrected chi connectivity index (χ4v) is 3.98. The molecule has 0 saturated heterocycles. The van der Waals surface area contributed by atoms with Crippen LogP contribution in [0.4, 0.5) is 24.5 Å². The molecule has 29 heavy (non-hydrogen) atoms. The summed E-state index contributed by atoms with van der Waals surface area (Å²) in [5.41, 5.74) is 0.205. The molecule has 0 aliphatic carbocycles. The number of anilines is 2. The van der Waals surface area contributed by atoms with Crippen molar-refractivity contribution in [2.45, 2.75) is 25.9 Å². The van der Waals surface area contributed by atoms with E-state index in [2.05, 4.69) is 5.32 Å². The van der Waals surface area contributed by atoms with Crippen LogP contribution in [0.1, 0.15) is 24.0 Å². The first-order chi connectivity index (χ1) is 13.4. The lowest BCUT2D eigenvalue weighted by Gasteiger charge is -2.24. The lowest BCUT2D eigenvalue weighted by molar-refractivity contribution is -0.137. The van der Waals surface area contributed by atoms with Gasteiger partial charge < -0.3 is 5.32 Å². The number of para-hydroxylation sites is 1. The molecule has 1 amide bonds. The lowest BCUT2D eigenvalue weighted by atomic mass is 10.2. The van der Waals surface area contributed by atoms with Gasteiger partial charge in [-0.1, -0.05) is 29.8 Å². The van der Waals surface area contributed by atoms with Gasteiger partial charge in [-0.25, -0.2) is 8.42 Å². The maximum absolute atomic E-state index is 12.9. The molecule has 2 rings (SSSR count). The number of hydrogen-bond donors (Lipinski definition) is 1. The topological polar surface area (TPSA) is 66.5 Å². The first kappa shape index (κ1) is 23.0. The minimum absolute atomic E-state index is 0.0365. The molecule has 0 fully saturated rings. The third-order valence-electron chi connectivity index (χ3n) is 4.11. The average molecular weight is 449 g/mol. The van der Waals surface area contributed by atoms with Gasteiger partial charge in [-0.3, -0.25) is 9.10 Å². The molecule has 5 nitrogen and oxygen atoms in total. The predicted octanol–water partition coefficient (Wildman–Crippen LogP) is 4.85. The third-order valence-corrected chi connectivity index (χ3v) is 5.61. The van der Waals surface area contributed by atoms with Crippen molar-refractivity contribution in [2.75, 3.05) is 22.4 Å². The first-order valence-electron chi connectivity index (χ1n) is 8.59. The molecule has 0 saturated carbocycles. The van der Waals surface area contributed by atoms with Crippen molar-refractivity contribution in [1.82, 2.24) is 0 Å². The zero-order valence-electron chi connectivity index (χ0n) is 15.8. The highest BCUT2D eigenvalue weighted by Gasteiger charge is 2.33. The molecule has 0 bridgehead atoms. The zero-order valence-corrected chi connectivity index (χ0v) is 17.3. The van der Waals surface area contributed by atoms with E-state index in [1.807, 2.05) is 0 Å². The molecule has 0 aliphatic heterocycles. The third kappa shape index (κ3) is 6.37. The second-order valence-corrected chi connectivity index (χ2v) is 8.78. The summed E-state index contributed by atoms with van der Waals surface area (Å²) in [6.07, 6.45) is -3.44. The summed E-state index contributed by atoms with van der Waals surface area (Å²) in [7, 11) is -3.56. The van der Waals surface area contributed by atoms with Crippen LogP contribution in [0.2, 0.25) is 5.02 Å². The van der Waals surface area contributed by atoms with Crippen molar-refractivity contribution in [1.29, 1.82) is 0 Å². The number of sulfonamides is 1. The summed E-state index contributed by atoms with van der Waals surface area (Å²) in [5, 5.41) is 1.92. The summed E-state index contributed by atoms with van der Waals surface area (Å²) in [6.45, 7) is 1.84. The van der Waals surface area contributed by atoms with E-state index in [-0.39, 0.29) is 25.1 Å². The van der Waals surface area contributed by atoms with Gasteiger partial charge >= 0.3 is 6.18 Å². The van der Waals surface area contributed by atoms with Crippen molar-refractivity contribution in [3.8, 4) is 0 Å². The molecule has 2 aromatic rings. The Morgan fingerprint density at radius 3 is 2.41 bits per heavy atom. The number of nitrogens with zero attached hydrogens (tertiary/aromatic N) is 1. The zero-order chi connectivity index (χ0) is 21.8. The summed E-state index contributed by atoms with van der Waals surface area (Å²) >= 11 is 5.55. The van der Waals surface area contributed by atoms with Crippen molar-refractivity contribution in [3.63, 3.8) is 0 Å². The van der Waals surface area contributed by atoms with Crippen LogP contribution < -0.4 is 9.62 Å². The molecule has 1 N–H and O–H groups in total. The van der Waals surface area contributed by atoms with Crippen LogP contribution in [0.5, 0.6) is 0 Å². The van der Waals surface area contributed by atoms with E-state index in [1.165, 1.54) is 10.4 Å². The van der Waals surface area contributed by atoms with Gasteiger partial charge in [-0.15, -0.1) is 0 Å². The van der Waals surface area contributed by atoms with Crippen LogP contribution in [-0.4, -0.2) is 27.1 Å². The van der Waals surface area contributed by atoms with E-state index in [1.54, 1.807) is 31.2 Å². The minimum atomic E-state index is -4.64. The number of hydrogen-bond acceptors (Lipinski definition) is 3. The summed E-state index contributed by atoms with van der Waals surface area (Å²) < 4.78 is 64.2. The summed E-state index contributed by atoms with van der Waals surface area (Å²) in [5.74, 6) is -0.529. The number of nitrogens with one attached hydrogen (secondary N) is 1. The molecule has 0 unspecified atom stereocenters. The van der Waals surface area contributed by atoms with Crippen molar-refractivity contribution in [3.05, 3.63) is 58.6 Å². The molecule has 10 heteroatoms. The van der Waals surface area contributed by atoms with Crippen molar-refractivity contribution >= 4 is 38.9 Å². The second-order valence-electron chi connectivity index (χ2n) is 6.47. The molecule has 158 valence electrons. The van der Waals surface area contributed by atoms with Crippen LogP contribution >= 0.6 is 11.6 Å². The highest BCUT2D eigenvalue weighted by molar-refractivity contribution is 7.92. The second kappa shape index (κ2) is 9.04. The maximum atomic E-state index is 12.9. The number of benzene rings is 2. The van der Waals surface area contributed by atoms with Gasteiger partial charge in [0.15, 0.2) is 0 Å². The molecule has 0 spiro atoms. The quantitative estimate of drug-likeness (QED) is 0.658. The highest BCUT2D eigenvalue weighted by Crippen LogP contribution is 2.36. The van der Waals surface area contributed by atoms with Crippen LogP contribution in [0, 0.1) is 6.92 Å². The van der Waals surface area contributed by atoms with Gasteiger partial charge in [0.25, 0.3) is 0 Å². The molecule has 0 aliphatic rings. The van der Waals surface area contributed by atoms with Gasteiger partial charge in [0.05, 0.1) is 22.5 Å².